The lowest BCUT2D eigenvalue weighted by molar-refractivity contribution is 0.370. The lowest BCUT2D eigenvalue weighted by atomic mass is 9.99. The maximum Gasteiger partial charge on any atom is 0.348 e. The van der Waals surface area contributed by atoms with Crippen LogP contribution in [0.5, 0.6) is 5.75 Å². The first-order chi connectivity index (χ1) is 13.4. The molecule has 3 rings (SSSR count). The number of hydrogen-bond acceptors (Lipinski definition) is 3. The fraction of sp³-hybridized carbons (Fsp3) is 0.333. The number of aromatic nitrogens is 2. The summed E-state index contributed by atoms with van der Waals surface area (Å²) in [6, 6.07) is 14.0. The zero-order valence-corrected chi connectivity index (χ0v) is 17.1. The maximum absolute atomic E-state index is 12.7. The van der Waals surface area contributed by atoms with Crippen molar-refractivity contribution in [3.8, 4) is 28.8 Å². The van der Waals surface area contributed by atoms with Crippen LogP contribution in [0.3, 0.4) is 0 Å². The Hall–Kier alpha value is -3.06. The van der Waals surface area contributed by atoms with Crippen LogP contribution < -0.4 is 10.4 Å². The highest BCUT2D eigenvalue weighted by Gasteiger charge is 2.15. The van der Waals surface area contributed by atoms with E-state index in [9.17, 15) is 4.79 Å². The first-order valence-corrected chi connectivity index (χ1v) is 9.61. The molecule has 3 aromatic rings. The second kappa shape index (κ2) is 8.31. The summed E-state index contributed by atoms with van der Waals surface area (Å²) in [5, 5.41) is 0.896. The molecule has 0 saturated heterocycles. The van der Waals surface area contributed by atoms with E-state index < -0.39 is 0 Å². The van der Waals surface area contributed by atoms with Crippen LogP contribution in [-0.4, -0.2) is 16.2 Å². The summed E-state index contributed by atoms with van der Waals surface area (Å²) in [5.41, 5.74) is 3.47. The fourth-order valence-electron chi connectivity index (χ4n) is 3.25. The van der Waals surface area contributed by atoms with Gasteiger partial charge in [-0.25, -0.2) is 4.79 Å². The first kappa shape index (κ1) is 19.7. The fourth-order valence-corrected chi connectivity index (χ4v) is 3.25. The van der Waals surface area contributed by atoms with Gasteiger partial charge in [0.1, 0.15) is 12.4 Å². The number of benzene rings is 2. The van der Waals surface area contributed by atoms with E-state index in [0.29, 0.717) is 24.0 Å². The monoisotopic (exact) mass is 374 g/mol. The summed E-state index contributed by atoms with van der Waals surface area (Å²) in [6.45, 7) is 10.4. The van der Waals surface area contributed by atoms with Crippen molar-refractivity contribution < 1.29 is 4.74 Å². The normalized spacial score (nSPS) is 11.0. The number of nitrogens with zero attached hydrogens (tertiary/aromatic N) is 2. The molecule has 144 valence electrons. The van der Waals surface area contributed by atoms with Crippen molar-refractivity contribution in [3.05, 3.63) is 58.5 Å². The Balaban J connectivity index is 2.21. The molecule has 0 amide bonds. The molecule has 0 fully saturated rings. The van der Waals surface area contributed by atoms with Gasteiger partial charge in [-0.05, 0) is 50.5 Å². The number of hydrogen-bond donors (Lipinski definition) is 0. The van der Waals surface area contributed by atoms with E-state index in [1.165, 1.54) is 5.56 Å². The molecule has 2 aromatic carbocycles. The molecule has 1 aromatic heterocycles. The smallest absolute Gasteiger partial charge is 0.348 e. The molecule has 0 aliphatic carbocycles. The molecule has 4 heteroatoms. The molecule has 28 heavy (non-hydrogen) atoms. The van der Waals surface area contributed by atoms with Gasteiger partial charge >= 0.3 is 5.69 Å². The zero-order chi connectivity index (χ0) is 20.3. The summed E-state index contributed by atoms with van der Waals surface area (Å²) in [4.78, 5) is 17.2. The van der Waals surface area contributed by atoms with Gasteiger partial charge in [0, 0.05) is 17.0 Å². The van der Waals surface area contributed by atoms with Gasteiger partial charge in [-0.3, -0.25) is 4.57 Å². The molecule has 0 N–H and O–H groups in total. The number of rotatable bonds is 5. The highest BCUT2D eigenvalue weighted by molar-refractivity contribution is 5.93. The van der Waals surface area contributed by atoms with E-state index in [1.807, 2.05) is 44.2 Å². The van der Waals surface area contributed by atoms with E-state index >= 15 is 0 Å². The molecule has 0 spiro atoms. The van der Waals surface area contributed by atoms with E-state index in [0.717, 1.165) is 16.5 Å². The van der Waals surface area contributed by atoms with E-state index in [-0.39, 0.29) is 11.7 Å². The number of fused-ring (bicyclic) bond motifs is 1. The van der Waals surface area contributed by atoms with Gasteiger partial charge in [0.2, 0.25) is 0 Å². The second-order valence-electron chi connectivity index (χ2n) is 7.38. The lowest BCUT2D eigenvalue weighted by Crippen LogP contribution is -2.25. The second-order valence-corrected chi connectivity index (χ2v) is 7.38. The first-order valence-electron chi connectivity index (χ1n) is 9.61. The summed E-state index contributed by atoms with van der Waals surface area (Å²) < 4.78 is 7.46. The Bertz CT molecular complexity index is 1100. The Morgan fingerprint density at radius 3 is 2.39 bits per heavy atom. The molecule has 0 atom stereocenters. The van der Waals surface area contributed by atoms with Crippen molar-refractivity contribution in [2.45, 2.75) is 46.6 Å². The topological polar surface area (TPSA) is 44.1 Å². The minimum Gasteiger partial charge on any atom is -0.481 e. The van der Waals surface area contributed by atoms with Gasteiger partial charge in [0.05, 0.1) is 11.2 Å². The molecule has 4 nitrogen and oxygen atoms in total. The maximum atomic E-state index is 12.7. The Kier molecular flexibility index (Phi) is 5.84. The van der Waals surface area contributed by atoms with Gasteiger partial charge in [-0.15, -0.1) is 5.92 Å². The van der Waals surface area contributed by atoms with Crippen LogP contribution in [0.2, 0.25) is 0 Å². The van der Waals surface area contributed by atoms with E-state index in [4.69, 9.17) is 4.74 Å². The lowest BCUT2D eigenvalue weighted by Gasteiger charge is -2.17. The van der Waals surface area contributed by atoms with Crippen LogP contribution in [0.4, 0.5) is 0 Å². The minimum atomic E-state index is -0.240. The molecule has 0 radical (unpaired) electrons. The van der Waals surface area contributed by atoms with Crippen molar-refractivity contribution in [3.63, 3.8) is 0 Å². The third-order valence-electron chi connectivity index (χ3n) is 4.75. The van der Waals surface area contributed by atoms with Gasteiger partial charge < -0.3 is 4.74 Å². The van der Waals surface area contributed by atoms with Crippen LogP contribution in [0.15, 0.2) is 47.3 Å². The van der Waals surface area contributed by atoms with Gasteiger partial charge in [0.15, 0.2) is 0 Å². The van der Waals surface area contributed by atoms with Crippen molar-refractivity contribution in [2.24, 2.45) is 0 Å². The Morgan fingerprint density at radius 2 is 1.79 bits per heavy atom. The van der Waals surface area contributed by atoms with Gasteiger partial charge in [0.25, 0.3) is 0 Å². The van der Waals surface area contributed by atoms with Gasteiger partial charge in [-0.2, -0.15) is 4.98 Å². The van der Waals surface area contributed by atoms with Crippen LogP contribution >= 0.6 is 0 Å². The summed E-state index contributed by atoms with van der Waals surface area (Å²) in [7, 11) is 0. The van der Waals surface area contributed by atoms with Crippen LogP contribution in [0.25, 0.3) is 22.2 Å². The van der Waals surface area contributed by atoms with Crippen molar-refractivity contribution in [1.29, 1.82) is 0 Å². The molecular formula is C24H26N2O2. The third-order valence-corrected chi connectivity index (χ3v) is 4.75. The highest BCUT2D eigenvalue weighted by atomic mass is 16.5. The molecule has 0 unspecified atom stereocenters. The Labute approximate surface area is 166 Å². The van der Waals surface area contributed by atoms with Crippen molar-refractivity contribution in [2.75, 3.05) is 6.61 Å². The van der Waals surface area contributed by atoms with Crippen LogP contribution in [0, 0.1) is 11.8 Å². The molecule has 1 heterocycles. The summed E-state index contributed by atoms with van der Waals surface area (Å²) in [5.74, 6) is 6.89. The molecule has 0 aliphatic rings. The largest absolute Gasteiger partial charge is 0.481 e. The SMILES string of the molecule is CC#CCOc1ccc2c(c1)c(-c1ccc(C(C)C)cc1)nc(=O)n2C(C)C. The van der Waals surface area contributed by atoms with Crippen LogP contribution in [-0.2, 0) is 0 Å². The summed E-state index contributed by atoms with van der Waals surface area (Å²) in [6.07, 6.45) is 0. The highest BCUT2D eigenvalue weighted by Crippen LogP contribution is 2.30. The van der Waals surface area contributed by atoms with E-state index in [2.05, 4.69) is 42.8 Å². The standard InChI is InChI=1S/C24H26N2O2/c1-6-7-14-28-20-12-13-22-21(15-20)23(25-24(27)26(22)17(4)5)19-10-8-18(9-11-19)16(2)3/h8-13,15-17H,14H2,1-5H3. The van der Waals surface area contributed by atoms with Crippen molar-refractivity contribution in [1.82, 2.24) is 9.55 Å². The third kappa shape index (κ3) is 3.94. The number of ether oxygens (including phenoxy) is 1. The zero-order valence-electron chi connectivity index (χ0n) is 17.1. The van der Waals surface area contributed by atoms with E-state index in [1.54, 1.807) is 11.5 Å². The van der Waals surface area contributed by atoms with Crippen LogP contribution in [0.1, 0.15) is 52.1 Å². The quantitative estimate of drug-likeness (QED) is 0.579. The van der Waals surface area contributed by atoms with Gasteiger partial charge in [-0.1, -0.05) is 44.0 Å². The van der Waals surface area contributed by atoms with Crippen molar-refractivity contribution >= 4 is 10.9 Å². The minimum absolute atomic E-state index is 0.0117. The average molecular weight is 374 g/mol. The summed E-state index contributed by atoms with van der Waals surface area (Å²) >= 11 is 0. The molecule has 0 aliphatic heterocycles. The predicted octanol–water partition coefficient (Wildman–Crippen LogP) is 5.17. The average Bonchev–Trinajstić information content (AvgIpc) is 2.67. The molecule has 0 bridgehead atoms. The molecule has 0 saturated carbocycles. The Morgan fingerprint density at radius 1 is 1.07 bits per heavy atom. The molecular weight excluding hydrogens is 348 g/mol. The predicted molar refractivity (Wildman–Crippen MR) is 115 cm³/mol.